The average molecular weight is 243 g/mol. The van der Waals surface area contributed by atoms with Crippen LogP contribution in [0.4, 0.5) is 0 Å². The minimum atomic E-state index is 0. The van der Waals surface area contributed by atoms with E-state index in [0.29, 0.717) is 0 Å². The fraction of sp³-hybridized carbons (Fsp3) is 0. The summed E-state index contributed by atoms with van der Waals surface area (Å²) in [6, 6.07) is 0. The maximum Gasteiger partial charge on any atom is 1.00 e. The Balaban J connectivity index is -0.0000000150. The largest absolute Gasteiger partial charge is 1.00 e. The topological polar surface area (TPSA) is 17.1 Å². The van der Waals surface area contributed by atoms with E-state index in [9.17, 15) is 0 Å². The molecule has 0 aliphatic carbocycles. The molecule has 0 fully saturated rings. The smallest absolute Gasteiger partial charge is 0.419 e. The molecule has 0 radical (unpaired) electrons. The predicted molar refractivity (Wildman–Crippen MR) is 15.9 cm³/mol. The first-order valence-electron chi connectivity index (χ1n) is 0.901. The molecule has 0 saturated carbocycles. The van der Waals surface area contributed by atoms with Crippen LogP contribution in [0.5, 0.6) is 0 Å². The summed E-state index contributed by atoms with van der Waals surface area (Å²) in [7, 11) is 0. The Morgan fingerprint density at radius 2 is 1.71 bits per heavy atom. The summed E-state index contributed by atoms with van der Waals surface area (Å²) in [4.78, 5) is 8.93. The number of allylic oxidation sites excluding steroid dienone is 1. The fourth-order valence-electron chi connectivity index (χ4n) is 0. The van der Waals surface area contributed by atoms with Gasteiger partial charge in [-0.15, -0.1) is 0 Å². The molecule has 0 saturated heterocycles. The average Bonchev–Trinajstić information content (AvgIpc) is 1.37. The van der Waals surface area contributed by atoms with E-state index in [4.69, 9.17) is 4.79 Å². The molecule has 1 nitrogen and oxygen atoms in total. The SMILES string of the molecule is C=C[C-]=O.[Cu+].[Ni].[Zn]. The van der Waals surface area contributed by atoms with Crippen LogP contribution in [0, 0.1) is 0 Å². The Labute approximate surface area is 76.5 Å². The summed E-state index contributed by atoms with van der Waals surface area (Å²) in [5.41, 5.74) is 0. The van der Waals surface area contributed by atoms with Crippen molar-refractivity contribution in [1.82, 2.24) is 0 Å². The maximum atomic E-state index is 8.93. The van der Waals surface area contributed by atoms with Gasteiger partial charge in [-0.05, 0) is 6.29 Å². The third-order valence-electron chi connectivity index (χ3n) is 0.0833. The van der Waals surface area contributed by atoms with Crippen LogP contribution in [0.2, 0.25) is 0 Å². The van der Waals surface area contributed by atoms with E-state index < -0.39 is 0 Å². The van der Waals surface area contributed by atoms with E-state index in [1.54, 1.807) is 0 Å². The summed E-state index contributed by atoms with van der Waals surface area (Å²) in [5, 5.41) is 0. The van der Waals surface area contributed by atoms with Gasteiger partial charge in [-0.3, -0.25) is 0 Å². The van der Waals surface area contributed by atoms with E-state index >= 15 is 0 Å². The Bertz CT molecular complexity index is 35.9. The summed E-state index contributed by atoms with van der Waals surface area (Å²) >= 11 is 0. The van der Waals surface area contributed by atoms with Crippen LogP contribution in [0.1, 0.15) is 0 Å². The molecule has 0 N–H and O–H groups in total. The molecule has 0 heterocycles. The molecular formula is C3H3CuNiOZn. The molecular weight excluding hydrogens is 240 g/mol. The van der Waals surface area contributed by atoms with Gasteiger partial charge in [0.1, 0.15) is 0 Å². The molecule has 0 spiro atoms. The zero-order valence-electron chi connectivity index (χ0n) is 3.52. The molecule has 0 bridgehead atoms. The third-order valence-corrected chi connectivity index (χ3v) is 0.0833. The van der Waals surface area contributed by atoms with Gasteiger partial charge in [0, 0.05) is 36.0 Å². The first-order chi connectivity index (χ1) is 1.91. The van der Waals surface area contributed by atoms with Gasteiger partial charge in [0.2, 0.25) is 0 Å². The first kappa shape index (κ1) is 24.4. The number of hydrogen-bond acceptors (Lipinski definition) is 1. The van der Waals surface area contributed by atoms with Gasteiger partial charge in [-0.25, -0.2) is 12.7 Å². The Kier molecular flexibility index (Phi) is 96.8. The van der Waals surface area contributed by atoms with Crippen LogP contribution in [-0.2, 0) is 57.8 Å². The van der Waals surface area contributed by atoms with E-state index in [1.165, 1.54) is 6.29 Å². The maximum absolute atomic E-state index is 8.93. The molecule has 0 aromatic rings. The van der Waals surface area contributed by atoms with Gasteiger partial charge in [0.15, 0.2) is 0 Å². The molecule has 7 heavy (non-hydrogen) atoms. The van der Waals surface area contributed by atoms with Gasteiger partial charge >= 0.3 is 17.1 Å². The second kappa shape index (κ2) is 27.8. The van der Waals surface area contributed by atoms with Crippen LogP contribution in [0.25, 0.3) is 0 Å². The molecule has 0 atom stereocenters. The van der Waals surface area contributed by atoms with Crippen LogP contribution in [0.15, 0.2) is 12.7 Å². The number of hydrogen-bond donors (Lipinski definition) is 0. The van der Waals surface area contributed by atoms with Crippen molar-refractivity contribution < 1.29 is 57.8 Å². The molecule has 0 aromatic heterocycles. The molecule has 0 rings (SSSR count). The van der Waals surface area contributed by atoms with Crippen molar-refractivity contribution in [2.75, 3.05) is 0 Å². The van der Waals surface area contributed by atoms with Crippen LogP contribution >= 0.6 is 0 Å². The number of rotatable bonds is 1. The third kappa shape index (κ3) is 42.9. The van der Waals surface area contributed by atoms with E-state index in [2.05, 4.69) is 6.58 Å². The van der Waals surface area contributed by atoms with Gasteiger partial charge in [0.25, 0.3) is 0 Å². The molecule has 0 unspecified atom stereocenters. The van der Waals surface area contributed by atoms with Crippen LogP contribution in [0.3, 0.4) is 0 Å². The first-order valence-corrected chi connectivity index (χ1v) is 0.901. The molecule has 44 valence electrons. The minimum Gasteiger partial charge on any atom is -0.419 e. The Morgan fingerprint density at radius 1 is 1.57 bits per heavy atom. The Morgan fingerprint density at radius 3 is 1.71 bits per heavy atom. The van der Waals surface area contributed by atoms with Crippen molar-refractivity contribution in [2.45, 2.75) is 0 Å². The summed E-state index contributed by atoms with van der Waals surface area (Å²) in [6.07, 6.45) is 2.51. The predicted octanol–water partition coefficient (Wildman–Crippen LogP) is 0.275. The van der Waals surface area contributed by atoms with Crippen LogP contribution < -0.4 is 0 Å². The van der Waals surface area contributed by atoms with Crippen molar-refractivity contribution in [3.8, 4) is 0 Å². The quantitative estimate of drug-likeness (QED) is 0.367. The van der Waals surface area contributed by atoms with Crippen molar-refractivity contribution in [3.63, 3.8) is 0 Å². The summed E-state index contributed by atoms with van der Waals surface area (Å²) in [5.74, 6) is 0. The molecule has 0 aliphatic rings. The summed E-state index contributed by atoms with van der Waals surface area (Å²) < 4.78 is 0. The summed E-state index contributed by atoms with van der Waals surface area (Å²) in [6.45, 7) is 3.06. The minimum absolute atomic E-state index is 0. The standard InChI is InChI=1S/C3H3O.Cu.Ni.Zn/c1-2-3-4;;;/h2H,1H2;;;/q-1;+1;;. The molecule has 4 heteroatoms. The van der Waals surface area contributed by atoms with Gasteiger partial charge < -0.3 is 4.79 Å². The van der Waals surface area contributed by atoms with E-state index in [1.807, 2.05) is 0 Å². The van der Waals surface area contributed by atoms with Crippen LogP contribution in [-0.4, -0.2) is 6.29 Å². The molecule has 0 amide bonds. The van der Waals surface area contributed by atoms with E-state index in [0.717, 1.165) is 6.08 Å². The zero-order chi connectivity index (χ0) is 3.41. The fourth-order valence-corrected chi connectivity index (χ4v) is 0. The van der Waals surface area contributed by atoms with Gasteiger partial charge in [-0.2, -0.15) is 0 Å². The van der Waals surface area contributed by atoms with Crippen molar-refractivity contribution in [1.29, 1.82) is 0 Å². The normalized spacial score (nSPS) is 2.86. The molecule has 0 aliphatic heterocycles. The van der Waals surface area contributed by atoms with E-state index in [-0.39, 0.29) is 53.0 Å². The van der Waals surface area contributed by atoms with Gasteiger partial charge in [0.05, 0.1) is 0 Å². The monoisotopic (exact) mass is 240 g/mol. The second-order valence-corrected chi connectivity index (χ2v) is 0.322. The van der Waals surface area contributed by atoms with Gasteiger partial charge in [-0.1, -0.05) is 0 Å². The van der Waals surface area contributed by atoms with Crippen molar-refractivity contribution in [3.05, 3.63) is 12.7 Å². The van der Waals surface area contributed by atoms with Crippen molar-refractivity contribution >= 4 is 6.29 Å². The molecule has 0 aromatic carbocycles. The Hall–Kier alpha value is 1.05. The zero-order valence-corrected chi connectivity index (χ0v) is 8.41. The number of carbonyl (C=O) groups excluding carboxylic acids is 1. The second-order valence-electron chi connectivity index (χ2n) is 0.322. The van der Waals surface area contributed by atoms with Crippen molar-refractivity contribution in [2.24, 2.45) is 0 Å².